The van der Waals surface area contributed by atoms with Crippen molar-refractivity contribution < 1.29 is 9.53 Å². The lowest BCUT2D eigenvalue weighted by atomic mass is 9.78. The molecule has 0 saturated heterocycles. The lowest BCUT2D eigenvalue weighted by molar-refractivity contribution is -0.139. The van der Waals surface area contributed by atoms with Crippen LogP contribution in [0.3, 0.4) is 0 Å². The first kappa shape index (κ1) is 23.9. The first-order valence-electron chi connectivity index (χ1n) is 11.8. The third-order valence-electron chi connectivity index (χ3n) is 6.55. The van der Waals surface area contributed by atoms with E-state index in [2.05, 4.69) is 61.1 Å². The molecule has 1 saturated carbocycles. The number of rotatable bonds is 10. The van der Waals surface area contributed by atoms with Gasteiger partial charge in [-0.05, 0) is 78.7 Å². The third kappa shape index (κ3) is 6.62. The summed E-state index contributed by atoms with van der Waals surface area (Å²) in [6.07, 6.45) is 7.42. The van der Waals surface area contributed by atoms with Crippen molar-refractivity contribution in [2.24, 2.45) is 11.1 Å². The van der Waals surface area contributed by atoms with Gasteiger partial charge in [-0.1, -0.05) is 74.0 Å². The maximum atomic E-state index is 11.7. The minimum atomic E-state index is -0.323. The number of esters is 1. The van der Waals surface area contributed by atoms with Crippen LogP contribution in [0.5, 0.6) is 0 Å². The summed E-state index contributed by atoms with van der Waals surface area (Å²) in [5.74, 6) is 1.15. The Labute approximate surface area is 192 Å². The molecule has 4 nitrogen and oxygen atoms in total. The van der Waals surface area contributed by atoms with Crippen LogP contribution in [-0.4, -0.2) is 19.1 Å². The molecule has 3 rings (SSSR count). The van der Waals surface area contributed by atoms with Crippen LogP contribution in [0, 0.1) is 10.8 Å². The maximum Gasteiger partial charge on any atom is 0.333 e. The molecule has 0 aromatic heterocycles. The summed E-state index contributed by atoms with van der Waals surface area (Å²) in [6, 6.07) is 15.3. The highest BCUT2D eigenvalue weighted by Gasteiger charge is 2.20. The number of nitroso groups, excluding NO2 is 1. The average molecular weight is 434 g/mol. The molecular weight excluding hydrogens is 398 g/mol. The SMILES string of the molecule is C=C(C)C(=O)OCCCc1cc(C2CCC(C)CC2)ccc1-c1ccc(CCN=O)cc1. The average Bonchev–Trinajstić information content (AvgIpc) is 2.81. The number of carbonyl (C=O) groups excluding carboxylic acids is 1. The Balaban J connectivity index is 1.78. The van der Waals surface area contributed by atoms with Crippen molar-refractivity contribution in [2.75, 3.05) is 13.2 Å². The Morgan fingerprint density at radius 2 is 1.78 bits per heavy atom. The number of nitrogens with zero attached hydrogens (tertiary/aromatic N) is 1. The molecule has 32 heavy (non-hydrogen) atoms. The topological polar surface area (TPSA) is 55.7 Å². The Bertz CT molecular complexity index is 924. The van der Waals surface area contributed by atoms with Gasteiger partial charge in [0.05, 0.1) is 13.2 Å². The molecule has 0 unspecified atom stereocenters. The van der Waals surface area contributed by atoms with Crippen molar-refractivity contribution in [2.45, 2.75) is 64.7 Å². The minimum Gasteiger partial charge on any atom is -0.462 e. The summed E-state index contributed by atoms with van der Waals surface area (Å²) >= 11 is 0. The van der Waals surface area contributed by atoms with Gasteiger partial charge in [-0.25, -0.2) is 4.79 Å². The zero-order valence-electron chi connectivity index (χ0n) is 19.4. The molecule has 0 N–H and O–H groups in total. The highest BCUT2D eigenvalue weighted by atomic mass is 16.5. The first-order chi connectivity index (χ1) is 15.5. The fourth-order valence-corrected chi connectivity index (χ4v) is 4.53. The summed E-state index contributed by atoms with van der Waals surface area (Å²) < 4.78 is 5.31. The lowest BCUT2D eigenvalue weighted by Gasteiger charge is -2.27. The summed E-state index contributed by atoms with van der Waals surface area (Å²) in [7, 11) is 0. The van der Waals surface area contributed by atoms with Gasteiger partial charge >= 0.3 is 5.97 Å². The Morgan fingerprint density at radius 3 is 2.44 bits per heavy atom. The second-order valence-electron chi connectivity index (χ2n) is 9.19. The van der Waals surface area contributed by atoms with Crippen molar-refractivity contribution in [3.8, 4) is 11.1 Å². The van der Waals surface area contributed by atoms with Crippen molar-refractivity contribution in [3.05, 3.63) is 76.2 Å². The van der Waals surface area contributed by atoms with Crippen molar-refractivity contribution >= 4 is 5.97 Å². The van der Waals surface area contributed by atoms with Crippen LogP contribution in [0.25, 0.3) is 11.1 Å². The molecule has 2 aromatic rings. The fourth-order valence-electron chi connectivity index (χ4n) is 4.53. The van der Waals surface area contributed by atoms with E-state index in [9.17, 15) is 9.70 Å². The van der Waals surface area contributed by atoms with E-state index < -0.39 is 0 Å². The van der Waals surface area contributed by atoms with Gasteiger partial charge in [0, 0.05) is 5.57 Å². The fraction of sp³-hybridized carbons (Fsp3) is 0.464. The predicted molar refractivity (Wildman–Crippen MR) is 131 cm³/mol. The standard InChI is InChI=1S/C28H35NO3/c1-20(2)28(30)32-18-4-5-26-19-25(23-10-6-21(3)7-11-23)14-15-27(26)24-12-8-22(9-13-24)16-17-29-31/h8-9,12-15,19,21,23H,1,4-7,10-11,16-18H2,2-3H3. The minimum absolute atomic E-state index is 0.308. The van der Waals surface area contributed by atoms with Gasteiger partial charge in [0.25, 0.3) is 0 Å². The van der Waals surface area contributed by atoms with Crippen LogP contribution in [0.4, 0.5) is 0 Å². The molecule has 0 atom stereocenters. The lowest BCUT2D eigenvalue weighted by Crippen LogP contribution is -2.11. The van der Waals surface area contributed by atoms with Crippen molar-refractivity contribution in [1.29, 1.82) is 0 Å². The van der Waals surface area contributed by atoms with Gasteiger partial charge in [-0.2, -0.15) is 4.91 Å². The van der Waals surface area contributed by atoms with E-state index in [4.69, 9.17) is 4.74 Å². The Hall–Kier alpha value is -2.75. The van der Waals surface area contributed by atoms with Crippen LogP contribution < -0.4 is 0 Å². The molecule has 1 fully saturated rings. The molecule has 0 heterocycles. The Kier molecular flexibility index (Phi) is 8.78. The molecule has 0 spiro atoms. The summed E-state index contributed by atoms with van der Waals surface area (Å²) in [5.41, 5.74) is 6.69. The molecule has 0 bridgehead atoms. The second-order valence-corrected chi connectivity index (χ2v) is 9.19. The molecular formula is C28H35NO3. The molecule has 170 valence electrons. The van der Waals surface area contributed by atoms with E-state index in [0.29, 0.717) is 31.1 Å². The van der Waals surface area contributed by atoms with E-state index >= 15 is 0 Å². The molecule has 0 radical (unpaired) electrons. The second kappa shape index (κ2) is 11.8. The highest BCUT2D eigenvalue weighted by molar-refractivity contribution is 5.86. The highest BCUT2D eigenvalue weighted by Crippen LogP contribution is 2.37. The van der Waals surface area contributed by atoms with E-state index in [-0.39, 0.29) is 5.97 Å². The van der Waals surface area contributed by atoms with Crippen LogP contribution in [0.15, 0.2) is 59.8 Å². The molecule has 1 aliphatic rings. The number of hydrogen-bond acceptors (Lipinski definition) is 4. The van der Waals surface area contributed by atoms with Crippen molar-refractivity contribution in [3.63, 3.8) is 0 Å². The van der Waals surface area contributed by atoms with E-state index in [1.807, 2.05) is 0 Å². The number of carbonyl (C=O) groups is 1. The zero-order valence-corrected chi connectivity index (χ0v) is 19.4. The monoisotopic (exact) mass is 433 g/mol. The molecule has 1 aliphatic carbocycles. The van der Waals surface area contributed by atoms with Gasteiger partial charge in [-0.3, -0.25) is 0 Å². The van der Waals surface area contributed by atoms with Crippen LogP contribution in [0.2, 0.25) is 0 Å². The maximum absolute atomic E-state index is 11.7. The summed E-state index contributed by atoms with van der Waals surface area (Å²) in [6.45, 7) is 8.37. The van der Waals surface area contributed by atoms with E-state index in [0.717, 1.165) is 24.3 Å². The van der Waals surface area contributed by atoms with Gasteiger partial charge < -0.3 is 4.74 Å². The predicted octanol–water partition coefficient (Wildman–Crippen LogP) is 7.01. The van der Waals surface area contributed by atoms with Gasteiger partial charge in [0.1, 0.15) is 0 Å². The van der Waals surface area contributed by atoms with Crippen LogP contribution in [-0.2, 0) is 22.4 Å². The van der Waals surface area contributed by atoms with Gasteiger partial charge in [0.2, 0.25) is 0 Å². The summed E-state index contributed by atoms with van der Waals surface area (Å²) in [4.78, 5) is 22.1. The zero-order chi connectivity index (χ0) is 22.9. The number of benzene rings is 2. The molecule has 2 aromatic carbocycles. The number of ether oxygens (including phenoxy) is 1. The largest absolute Gasteiger partial charge is 0.462 e. The number of hydrogen-bond donors (Lipinski definition) is 0. The van der Waals surface area contributed by atoms with Gasteiger partial charge in [-0.15, -0.1) is 0 Å². The molecule has 4 heteroatoms. The summed E-state index contributed by atoms with van der Waals surface area (Å²) in [5, 5.41) is 2.96. The molecule has 0 aliphatic heterocycles. The van der Waals surface area contributed by atoms with Crippen molar-refractivity contribution in [1.82, 2.24) is 0 Å². The van der Waals surface area contributed by atoms with Gasteiger partial charge in [0.15, 0.2) is 0 Å². The normalized spacial score (nSPS) is 18.2. The quantitative estimate of drug-likeness (QED) is 0.175. The van der Waals surface area contributed by atoms with E-state index in [1.54, 1.807) is 6.92 Å². The third-order valence-corrected chi connectivity index (χ3v) is 6.55. The van der Waals surface area contributed by atoms with E-state index in [1.165, 1.54) is 47.9 Å². The van der Waals surface area contributed by atoms with Crippen LogP contribution >= 0.6 is 0 Å². The Morgan fingerprint density at radius 1 is 1.06 bits per heavy atom. The smallest absolute Gasteiger partial charge is 0.333 e. The van der Waals surface area contributed by atoms with Crippen LogP contribution in [0.1, 0.15) is 68.6 Å². The molecule has 0 amide bonds. The number of aryl methyl sites for hydroxylation is 1. The first-order valence-corrected chi connectivity index (χ1v) is 11.8.